The van der Waals surface area contributed by atoms with Crippen LogP contribution < -0.4 is 5.32 Å². The molecule has 2 heterocycles. The van der Waals surface area contributed by atoms with Crippen molar-refractivity contribution in [3.8, 4) is 0 Å². The van der Waals surface area contributed by atoms with Gasteiger partial charge in [-0.2, -0.15) is 5.10 Å². The second-order valence-corrected chi connectivity index (χ2v) is 4.34. The van der Waals surface area contributed by atoms with E-state index in [4.69, 9.17) is 4.74 Å². The van der Waals surface area contributed by atoms with Gasteiger partial charge in [-0.1, -0.05) is 5.21 Å². The molecule has 2 rings (SSSR count). The van der Waals surface area contributed by atoms with E-state index in [-0.39, 0.29) is 0 Å². The average molecular weight is 264 g/mol. The number of nitrogens with zero attached hydrogens (tertiary/aromatic N) is 5. The molecule has 7 nitrogen and oxygen atoms in total. The first-order valence-electron chi connectivity index (χ1n) is 6.35. The molecule has 0 fully saturated rings. The van der Waals surface area contributed by atoms with E-state index in [1.54, 1.807) is 7.11 Å². The van der Waals surface area contributed by atoms with E-state index in [9.17, 15) is 0 Å². The summed E-state index contributed by atoms with van der Waals surface area (Å²) >= 11 is 0. The highest BCUT2D eigenvalue weighted by Crippen LogP contribution is 2.00. The molecule has 0 atom stereocenters. The van der Waals surface area contributed by atoms with Gasteiger partial charge in [0.05, 0.1) is 12.3 Å². The SMILES string of the molecule is COCCNCc1cn(CCc2ccnn2C)nn1. The van der Waals surface area contributed by atoms with Gasteiger partial charge in [0.1, 0.15) is 0 Å². The van der Waals surface area contributed by atoms with Gasteiger partial charge >= 0.3 is 0 Å². The molecule has 0 bridgehead atoms. The van der Waals surface area contributed by atoms with Crippen molar-refractivity contribution in [1.29, 1.82) is 0 Å². The number of rotatable bonds is 8. The number of methoxy groups -OCH3 is 1. The van der Waals surface area contributed by atoms with Crippen LogP contribution in [0.4, 0.5) is 0 Å². The Kier molecular flexibility index (Phi) is 5.05. The number of ether oxygens (including phenoxy) is 1. The summed E-state index contributed by atoms with van der Waals surface area (Å²) in [7, 11) is 3.64. The van der Waals surface area contributed by atoms with Crippen LogP contribution >= 0.6 is 0 Å². The molecule has 0 aliphatic heterocycles. The van der Waals surface area contributed by atoms with Crippen LogP contribution in [0, 0.1) is 0 Å². The van der Waals surface area contributed by atoms with Gasteiger partial charge in [0.25, 0.3) is 0 Å². The molecule has 19 heavy (non-hydrogen) atoms. The van der Waals surface area contributed by atoms with Gasteiger partial charge in [-0.05, 0) is 6.07 Å². The van der Waals surface area contributed by atoms with Crippen molar-refractivity contribution in [2.75, 3.05) is 20.3 Å². The van der Waals surface area contributed by atoms with E-state index in [0.29, 0.717) is 6.61 Å². The zero-order valence-corrected chi connectivity index (χ0v) is 11.4. The monoisotopic (exact) mass is 264 g/mol. The predicted octanol–water partition coefficient (Wildman–Crippen LogP) is -0.00970. The van der Waals surface area contributed by atoms with Gasteiger partial charge in [-0.25, -0.2) is 0 Å². The Bertz CT molecular complexity index is 492. The van der Waals surface area contributed by atoms with Gasteiger partial charge in [0.2, 0.25) is 0 Å². The smallest absolute Gasteiger partial charge is 0.0964 e. The fourth-order valence-electron chi connectivity index (χ4n) is 1.80. The van der Waals surface area contributed by atoms with Crippen molar-refractivity contribution < 1.29 is 4.74 Å². The molecule has 1 N–H and O–H groups in total. The highest BCUT2D eigenvalue weighted by Gasteiger charge is 2.02. The Morgan fingerprint density at radius 1 is 1.42 bits per heavy atom. The lowest BCUT2D eigenvalue weighted by molar-refractivity contribution is 0.199. The Hall–Kier alpha value is -1.73. The molecule has 0 unspecified atom stereocenters. The third-order valence-electron chi connectivity index (χ3n) is 2.89. The van der Waals surface area contributed by atoms with Crippen LogP contribution in [0.25, 0.3) is 0 Å². The fraction of sp³-hybridized carbons (Fsp3) is 0.583. The minimum atomic E-state index is 0.703. The highest BCUT2D eigenvalue weighted by atomic mass is 16.5. The Morgan fingerprint density at radius 2 is 2.32 bits per heavy atom. The summed E-state index contributed by atoms with van der Waals surface area (Å²) < 4.78 is 8.70. The summed E-state index contributed by atoms with van der Waals surface area (Å²) in [5, 5.41) is 15.6. The van der Waals surface area contributed by atoms with E-state index in [1.165, 1.54) is 5.69 Å². The first kappa shape index (κ1) is 13.7. The lowest BCUT2D eigenvalue weighted by atomic mass is 10.3. The van der Waals surface area contributed by atoms with E-state index in [2.05, 4.69) is 20.7 Å². The summed E-state index contributed by atoms with van der Waals surface area (Å²) in [5.74, 6) is 0. The van der Waals surface area contributed by atoms with Crippen LogP contribution in [0.1, 0.15) is 11.4 Å². The third-order valence-corrected chi connectivity index (χ3v) is 2.89. The van der Waals surface area contributed by atoms with Gasteiger partial charge in [-0.15, -0.1) is 5.10 Å². The van der Waals surface area contributed by atoms with Crippen LogP contribution in [0.15, 0.2) is 18.5 Å². The maximum atomic E-state index is 4.96. The van der Waals surface area contributed by atoms with Crippen LogP contribution in [-0.4, -0.2) is 45.0 Å². The highest BCUT2D eigenvalue weighted by molar-refractivity contribution is 5.00. The molecule has 0 radical (unpaired) electrons. The van der Waals surface area contributed by atoms with Gasteiger partial charge in [0, 0.05) is 58.3 Å². The predicted molar refractivity (Wildman–Crippen MR) is 70.5 cm³/mol. The first-order valence-corrected chi connectivity index (χ1v) is 6.35. The van der Waals surface area contributed by atoms with Gasteiger partial charge < -0.3 is 10.1 Å². The normalized spacial score (nSPS) is 11.1. The van der Waals surface area contributed by atoms with Crippen LogP contribution in [-0.2, 0) is 31.3 Å². The Balaban J connectivity index is 1.76. The molecule has 0 saturated carbocycles. The van der Waals surface area contributed by atoms with E-state index < -0.39 is 0 Å². The fourth-order valence-corrected chi connectivity index (χ4v) is 1.80. The van der Waals surface area contributed by atoms with Gasteiger partial charge in [-0.3, -0.25) is 9.36 Å². The van der Waals surface area contributed by atoms with Gasteiger partial charge in [0.15, 0.2) is 0 Å². The van der Waals surface area contributed by atoms with Crippen molar-refractivity contribution >= 4 is 0 Å². The van der Waals surface area contributed by atoms with Crippen LogP contribution in [0.2, 0.25) is 0 Å². The van der Waals surface area contributed by atoms with Crippen molar-refractivity contribution in [3.63, 3.8) is 0 Å². The van der Waals surface area contributed by atoms with Crippen molar-refractivity contribution in [2.45, 2.75) is 19.5 Å². The molecular formula is C12H20N6O. The number of nitrogens with one attached hydrogen (secondary N) is 1. The zero-order chi connectivity index (χ0) is 13.5. The Labute approximate surface area is 112 Å². The maximum absolute atomic E-state index is 4.96. The van der Waals surface area contributed by atoms with Crippen LogP contribution in [0.5, 0.6) is 0 Å². The molecule has 0 saturated heterocycles. The lowest BCUT2D eigenvalue weighted by Crippen LogP contribution is -2.18. The minimum Gasteiger partial charge on any atom is -0.383 e. The Morgan fingerprint density at radius 3 is 3.05 bits per heavy atom. The molecule has 2 aromatic rings. The standard InChI is InChI=1S/C12H20N6O/c1-17-12(3-5-14-17)4-7-18-10-11(15-16-18)9-13-6-8-19-2/h3,5,10,13H,4,6-9H2,1-2H3. The van der Waals surface area contributed by atoms with E-state index >= 15 is 0 Å². The van der Waals surface area contributed by atoms with Crippen molar-refractivity contribution in [2.24, 2.45) is 7.05 Å². The molecule has 104 valence electrons. The minimum absolute atomic E-state index is 0.703. The number of aromatic nitrogens is 5. The molecular weight excluding hydrogens is 244 g/mol. The molecule has 0 aliphatic rings. The van der Waals surface area contributed by atoms with Crippen molar-refractivity contribution in [3.05, 3.63) is 29.8 Å². The molecule has 0 aliphatic carbocycles. The summed E-state index contributed by atoms with van der Waals surface area (Å²) in [5.41, 5.74) is 2.14. The second kappa shape index (κ2) is 7.01. The largest absolute Gasteiger partial charge is 0.383 e. The lowest BCUT2D eigenvalue weighted by Gasteiger charge is -2.01. The van der Waals surface area contributed by atoms with E-state index in [1.807, 2.05) is 34.9 Å². The third kappa shape index (κ3) is 4.15. The summed E-state index contributed by atoms with van der Waals surface area (Å²) in [4.78, 5) is 0. The topological polar surface area (TPSA) is 69.8 Å². The average Bonchev–Trinajstić information content (AvgIpc) is 3.01. The number of aryl methyl sites for hydroxylation is 3. The zero-order valence-electron chi connectivity index (χ0n) is 11.4. The molecule has 0 aromatic carbocycles. The van der Waals surface area contributed by atoms with Crippen molar-refractivity contribution in [1.82, 2.24) is 30.1 Å². The molecule has 2 aromatic heterocycles. The number of hydrogen-bond acceptors (Lipinski definition) is 5. The number of hydrogen-bond donors (Lipinski definition) is 1. The summed E-state index contributed by atoms with van der Waals surface area (Å²) in [6, 6.07) is 2.02. The molecule has 7 heteroatoms. The van der Waals surface area contributed by atoms with Crippen LogP contribution in [0.3, 0.4) is 0 Å². The molecule has 0 amide bonds. The molecule has 0 spiro atoms. The first-order chi connectivity index (χ1) is 9.29. The second-order valence-electron chi connectivity index (χ2n) is 4.34. The van der Waals surface area contributed by atoms with E-state index in [0.717, 1.165) is 31.7 Å². The maximum Gasteiger partial charge on any atom is 0.0964 e. The quantitative estimate of drug-likeness (QED) is 0.679. The summed E-state index contributed by atoms with van der Waals surface area (Å²) in [6.45, 7) is 3.05. The summed E-state index contributed by atoms with van der Waals surface area (Å²) in [6.07, 6.45) is 4.67.